The largest absolute Gasteiger partial charge is 0.353 e. The van der Waals surface area contributed by atoms with Crippen LogP contribution in [0.1, 0.15) is 25.8 Å². The summed E-state index contributed by atoms with van der Waals surface area (Å²) in [5, 5.41) is 5.57. The van der Waals surface area contributed by atoms with E-state index >= 15 is 0 Å². The van der Waals surface area contributed by atoms with Crippen molar-refractivity contribution < 1.29 is 9.59 Å². The molecule has 0 unspecified atom stereocenters. The molecule has 6 nitrogen and oxygen atoms in total. The van der Waals surface area contributed by atoms with Crippen molar-refractivity contribution in [3.63, 3.8) is 0 Å². The molecular formula is C16H20N4O2. The second-order valence-corrected chi connectivity index (χ2v) is 5.18. The molecule has 0 bridgehead atoms. The number of imidazole rings is 1. The number of rotatable bonds is 6. The van der Waals surface area contributed by atoms with Gasteiger partial charge in [-0.05, 0) is 18.6 Å². The predicted octanol–water partition coefficient (Wildman–Crippen LogP) is 1.40. The molecule has 6 heteroatoms. The van der Waals surface area contributed by atoms with Gasteiger partial charge in [0.15, 0.2) is 0 Å². The lowest BCUT2D eigenvalue weighted by Gasteiger charge is -2.14. The molecule has 2 N–H and O–H groups in total. The van der Waals surface area contributed by atoms with Gasteiger partial charge in [0.25, 0.3) is 0 Å². The number of aromatic nitrogens is 2. The molecule has 2 amide bonds. The van der Waals surface area contributed by atoms with E-state index in [4.69, 9.17) is 0 Å². The topological polar surface area (TPSA) is 76.0 Å². The SMILES string of the molecule is CC(=O)N[C@@H](C)CC(=O)NCc1ccccc1-n1ccnc1. The molecule has 1 heterocycles. The summed E-state index contributed by atoms with van der Waals surface area (Å²) in [5.41, 5.74) is 1.98. The van der Waals surface area contributed by atoms with Gasteiger partial charge in [0.2, 0.25) is 11.8 Å². The van der Waals surface area contributed by atoms with Gasteiger partial charge in [-0.1, -0.05) is 18.2 Å². The number of para-hydroxylation sites is 1. The number of hydrogen-bond acceptors (Lipinski definition) is 3. The molecule has 22 heavy (non-hydrogen) atoms. The normalized spacial score (nSPS) is 11.7. The molecule has 0 spiro atoms. The molecule has 1 aromatic heterocycles. The highest BCUT2D eigenvalue weighted by Gasteiger charge is 2.10. The van der Waals surface area contributed by atoms with Crippen LogP contribution in [0.15, 0.2) is 43.0 Å². The van der Waals surface area contributed by atoms with Crippen LogP contribution in [0.4, 0.5) is 0 Å². The molecular weight excluding hydrogens is 280 g/mol. The number of nitrogens with zero attached hydrogens (tertiary/aromatic N) is 2. The second kappa shape index (κ2) is 7.40. The molecule has 0 aliphatic heterocycles. The summed E-state index contributed by atoms with van der Waals surface area (Å²) >= 11 is 0. The average molecular weight is 300 g/mol. The monoisotopic (exact) mass is 300 g/mol. The van der Waals surface area contributed by atoms with Crippen molar-refractivity contribution in [2.45, 2.75) is 32.9 Å². The second-order valence-electron chi connectivity index (χ2n) is 5.18. The Balaban J connectivity index is 1.95. The molecule has 2 rings (SSSR count). The molecule has 0 saturated carbocycles. The fourth-order valence-electron chi connectivity index (χ4n) is 2.26. The van der Waals surface area contributed by atoms with Crippen LogP contribution >= 0.6 is 0 Å². The van der Waals surface area contributed by atoms with E-state index in [9.17, 15) is 9.59 Å². The zero-order valence-corrected chi connectivity index (χ0v) is 12.7. The Morgan fingerprint density at radius 2 is 2.09 bits per heavy atom. The number of carbonyl (C=O) groups excluding carboxylic acids is 2. The molecule has 0 saturated heterocycles. The van der Waals surface area contributed by atoms with E-state index < -0.39 is 0 Å². The maximum Gasteiger partial charge on any atom is 0.222 e. The Hall–Kier alpha value is -2.63. The molecule has 1 atom stereocenters. The third-order valence-electron chi connectivity index (χ3n) is 3.19. The number of amides is 2. The van der Waals surface area contributed by atoms with Gasteiger partial charge in [0, 0.05) is 38.3 Å². The van der Waals surface area contributed by atoms with E-state index in [0.717, 1.165) is 11.3 Å². The Kier molecular flexibility index (Phi) is 5.30. The first kappa shape index (κ1) is 15.8. The minimum atomic E-state index is -0.179. The van der Waals surface area contributed by atoms with Crippen molar-refractivity contribution in [1.29, 1.82) is 0 Å². The smallest absolute Gasteiger partial charge is 0.222 e. The van der Waals surface area contributed by atoms with Crippen LogP contribution in [-0.4, -0.2) is 27.4 Å². The third kappa shape index (κ3) is 4.44. The zero-order chi connectivity index (χ0) is 15.9. The van der Waals surface area contributed by atoms with E-state index in [0.29, 0.717) is 6.54 Å². The van der Waals surface area contributed by atoms with E-state index in [2.05, 4.69) is 15.6 Å². The first-order chi connectivity index (χ1) is 10.6. The van der Waals surface area contributed by atoms with Crippen molar-refractivity contribution in [3.8, 4) is 5.69 Å². The summed E-state index contributed by atoms with van der Waals surface area (Å²) in [6, 6.07) is 7.64. The lowest BCUT2D eigenvalue weighted by molar-refractivity contribution is -0.122. The van der Waals surface area contributed by atoms with E-state index in [-0.39, 0.29) is 24.3 Å². The predicted molar refractivity (Wildman–Crippen MR) is 83.3 cm³/mol. The highest BCUT2D eigenvalue weighted by molar-refractivity contribution is 5.78. The van der Waals surface area contributed by atoms with Crippen LogP contribution in [0.2, 0.25) is 0 Å². The van der Waals surface area contributed by atoms with Gasteiger partial charge in [-0.2, -0.15) is 0 Å². The van der Waals surface area contributed by atoms with Gasteiger partial charge in [0.05, 0.1) is 12.0 Å². The third-order valence-corrected chi connectivity index (χ3v) is 3.19. The first-order valence-electron chi connectivity index (χ1n) is 7.16. The maximum absolute atomic E-state index is 11.9. The highest BCUT2D eigenvalue weighted by atomic mass is 16.2. The molecule has 116 valence electrons. The first-order valence-corrected chi connectivity index (χ1v) is 7.16. The van der Waals surface area contributed by atoms with Gasteiger partial charge >= 0.3 is 0 Å². The van der Waals surface area contributed by atoms with Crippen LogP contribution in [0, 0.1) is 0 Å². The molecule has 2 aromatic rings. The maximum atomic E-state index is 11.9. The molecule has 0 aliphatic carbocycles. The quantitative estimate of drug-likeness (QED) is 0.846. The summed E-state index contributed by atoms with van der Waals surface area (Å²) in [7, 11) is 0. The van der Waals surface area contributed by atoms with Crippen LogP contribution in [0.25, 0.3) is 5.69 Å². The molecule has 0 aliphatic rings. The Bertz CT molecular complexity index is 637. The Labute approximate surface area is 129 Å². The van der Waals surface area contributed by atoms with Crippen LogP contribution in [0.5, 0.6) is 0 Å². The van der Waals surface area contributed by atoms with Crippen LogP contribution in [-0.2, 0) is 16.1 Å². The Morgan fingerprint density at radius 3 is 2.77 bits per heavy atom. The summed E-state index contributed by atoms with van der Waals surface area (Å²) in [6.45, 7) is 3.68. The van der Waals surface area contributed by atoms with Crippen molar-refractivity contribution in [2.24, 2.45) is 0 Å². The van der Waals surface area contributed by atoms with E-state index in [1.165, 1.54) is 6.92 Å². The number of carbonyl (C=O) groups is 2. The minimum absolute atomic E-state index is 0.0957. The van der Waals surface area contributed by atoms with Crippen molar-refractivity contribution in [1.82, 2.24) is 20.2 Å². The molecule has 1 aromatic carbocycles. The van der Waals surface area contributed by atoms with Gasteiger partial charge in [-0.25, -0.2) is 4.98 Å². The molecule has 0 fully saturated rings. The van der Waals surface area contributed by atoms with Crippen LogP contribution in [0.3, 0.4) is 0 Å². The summed E-state index contributed by atoms with van der Waals surface area (Å²) in [5.74, 6) is -0.229. The lowest BCUT2D eigenvalue weighted by Crippen LogP contribution is -2.36. The number of benzene rings is 1. The van der Waals surface area contributed by atoms with E-state index in [1.807, 2.05) is 35.0 Å². The average Bonchev–Trinajstić information content (AvgIpc) is 2.98. The summed E-state index contributed by atoms with van der Waals surface area (Å²) in [6.07, 6.45) is 5.55. The van der Waals surface area contributed by atoms with Gasteiger partial charge in [-0.3, -0.25) is 9.59 Å². The number of nitrogens with one attached hydrogen (secondary N) is 2. The fourth-order valence-corrected chi connectivity index (χ4v) is 2.26. The number of hydrogen-bond donors (Lipinski definition) is 2. The summed E-state index contributed by atoms with van der Waals surface area (Å²) < 4.78 is 1.90. The Morgan fingerprint density at radius 1 is 1.32 bits per heavy atom. The van der Waals surface area contributed by atoms with Crippen molar-refractivity contribution >= 4 is 11.8 Å². The van der Waals surface area contributed by atoms with Crippen molar-refractivity contribution in [3.05, 3.63) is 48.5 Å². The fraction of sp³-hybridized carbons (Fsp3) is 0.312. The van der Waals surface area contributed by atoms with Gasteiger partial charge in [0.1, 0.15) is 0 Å². The van der Waals surface area contributed by atoms with E-state index in [1.54, 1.807) is 19.4 Å². The lowest BCUT2D eigenvalue weighted by atomic mass is 10.1. The van der Waals surface area contributed by atoms with Gasteiger partial charge < -0.3 is 15.2 Å². The summed E-state index contributed by atoms with van der Waals surface area (Å²) in [4.78, 5) is 26.9. The molecule has 0 radical (unpaired) electrons. The standard InChI is InChI=1S/C16H20N4O2/c1-12(19-13(2)21)9-16(22)18-10-14-5-3-4-6-15(14)20-8-7-17-11-20/h3-8,11-12H,9-10H2,1-2H3,(H,18,22)(H,19,21)/t12-/m0/s1. The van der Waals surface area contributed by atoms with Crippen molar-refractivity contribution in [2.75, 3.05) is 0 Å². The minimum Gasteiger partial charge on any atom is -0.353 e. The van der Waals surface area contributed by atoms with Crippen LogP contribution < -0.4 is 10.6 Å². The zero-order valence-electron chi connectivity index (χ0n) is 12.7. The highest BCUT2D eigenvalue weighted by Crippen LogP contribution is 2.13. The van der Waals surface area contributed by atoms with Gasteiger partial charge in [-0.15, -0.1) is 0 Å².